The number of rotatable bonds is 21. The average Bonchev–Trinajstić information content (AvgIpc) is 2.91. The van der Waals surface area contributed by atoms with Gasteiger partial charge in [-0.2, -0.15) is 0 Å². The van der Waals surface area contributed by atoms with Crippen molar-refractivity contribution in [2.75, 3.05) is 26.9 Å². The van der Waals surface area contributed by atoms with Crippen molar-refractivity contribution < 1.29 is 23.7 Å². The minimum absolute atomic E-state index is 0.00586. The van der Waals surface area contributed by atoms with Gasteiger partial charge in [0.2, 0.25) is 0 Å². The first kappa shape index (κ1) is 30.5. The van der Waals surface area contributed by atoms with Crippen molar-refractivity contribution in [1.29, 1.82) is 0 Å². The fourth-order valence-corrected chi connectivity index (χ4v) is 4.45. The maximum absolute atomic E-state index is 11.6. The minimum atomic E-state index is -1.29. The standard InChI is InChI=1S/C31H50O5/c1-3-4-5-6-7-8-9-10-11-12-13-14-15-16-17-18-25-34-31(35-26-29(32)27-36-31)24-23-28-19-21-30(33-2)22-20-28/h19-24H,3-18,25-27H2,1-2H3/b24-23+. The number of ether oxygens (including phenoxy) is 4. The van der Waals surface area contributed by atoms with Crippen LogP contribution in [-0.4, -0.2) is 38.7 Å². The zero-order chi connectivity index (χ0) is 25.7. The van der Waals surface area contributed by atoms with Crippen LogP contribution < -0.4 is 4.74 Å². The number of carbonyl (C=O) groups excluding carboxylic acids is 1. The molecule has 2 rings (SSSR count). The predicted octanol–water partition coefficient (Wildman–Crippen LogP) is 8.26. The van der Waals surface area contributed by atoms with Crippen molar-refractivity contribution in [1.82, 2.24) is 0 Å². The maximum atomic E-state index is 11.6. The van der Waals surface area contributed by atoms with Crippen molar-refractivity contribution in [2.45, 2.75) is 116 Å². The molecule has 0 N–H and O–H groups in total. The molecule has 1 saturated heterocycles. The number of unbranched alkanes of at least 4 members (excludes halogenated alkanes) is 15. The largest absolute Gasteiger partial charge is 0.497 e. The third-order valence-electron chi connectivity index (χ3n) is 6.77. The van der Waals surface area contributed by atoms with E-state index in [2.05, 4.69) is 6.92 Å². The molecule has 36 heavy (non-hydrogen) atoms. The van der Waals surface area contributed by atoms with Gasteiger partial charge in [0.1, 0.15) is 19.0 Å². The summed E-state index contributed by atoms with van der Waals surface area (Å²) < 4.78 is 22.5. The Hall–Kier alpha value is -1.69. The van der Waals surface area contributed by atoms with Gasteiger partial charge in [0, 0.05) is 6.08 Å². The number of benzene rings is 1. The average molecular weight is 503 g/mol. The van der Waals surface area contributed by atoms with Gasteiger partial charge in [-0.25, -0.2) is 0 Å². The summed E-state index contributed by atoms with van der Waals surface area (Å²) in [5.41, 5.74) is 0.977. The lowest BCUT2D eigenvalue weighted by Crippen LogP contribution is -2.45. The Kier molecular flexibility index (Phi) is 16.5. The second kappa shape index (κ2) is 19.4. The van der Waals surface area contributed by atoms with Crippen molar-refractivity contribution in [2.24, 2.45) is 0 Å². The Balaban J connectivity index is 1.52. The van der Waals surface area contributed by atoms with Gasteiger partial charge in [0.15, 0.2) is 5.78 Å². The monoisotopic (exact) mass is 502 g/mol. The van der Waals surface area contributed by atoms with Gasteiger partial charge in [-0.3, -0.25) is 4.79 Å². The number of hydrogen-bond acceptors (Lipinski definition) is 5. The third kappa shape index (κ3) is 13.6. The van der Waals surface area contributed by atoms with Gasteiger partial charge in [0.25, 0.3) is 0 Å². The number of ketones is 1. The van der Waals surface area contributed by atoms with Crippen LogP contribution in [0.3, 0.4) is 0 Å². The molecule has 0 bridgehead atoms. The molecule has 0 aromatic heterocycles. The first-order chi connectivity index (χ1) is 17.7. The first-order valence-electron chi connectivity index (χ1n) is 14.4. The van der Waals surface area contributed by atoms with E-state index in [9.17, 15) is 4.79 Å². The second-order valence-corrected chi connectivity index (χ2v) is 9.98. The lowest BCUT2D eigenvalue weighted by atomic mass is 10.0. The van der Waals surface area contributed by atoms with E-state index in [1.807, 2.05) is 30.3 Å². The molecule has 0 amide bonds. The Morgan fingerprint density at radius 1 is 0.750 bits per heavy atom. The van der Waals surface area contributed by atoms with E-state index in [1.54, 1.807) is 13.2 Å². The molecule has 0 saturated carbocycles. The van der Waals surface area contributed by atoms with E-state index in [1.165, 1.54) is 89.9 Å². The van der Waals surface area contributed by atoms with E-state index in [4.69, 9.17) is 18.9 Å². The Morgan fingerprint density at radius 3 is 1.69 bits per heavy atom. The molecule has 1 aliphatic heterocycles. The predicted molar refractivity (Wildman–Crippen MR) is 147 cm³/mol. The van der Waals surface area contributed by atoms with Crippen LogP contribution in [0.15, 0.2) is 30.3 Å². The van der Waals surface area contributed by atoms with Crippen LogP contribution in [-0.2, 0) is 19.0 Å². The number of carbonyl (C=O) groups is 1. The van der Waals surface area contributed by atoms with Crippen LogP contribution in [0.5, 0.6) is 5.75 Å². The Morgan fingerprint density at radius 2 is 1.22 bits per heavy atom. The van der Waals surface area contributed by atoms with Gasteiger partial charge in [-0.1, -0.05) is 121 Å². The molecule has 5 nitrogen and oxygen atoms in total. The zero-order valence-corrected chi connectivity index (χ0v) is 22.9. The molecule has 1 aromatic rings. The molecular weight excluding hydrogens is 452 g/mol. The molecule has 5 heteroatoms. The maximum Gasteiger partial charge on any atom is 0.305 e. The van der Waals surface area contributed by atoms with E-state index < -0.39 is 5.97 Å². The summed E-state index contributed by atoms with van der Waals surface area (Å²) in [5, 5.41) is 0. The van der Waals surface area contributed by atoms with E-state index in [0.29, 0.717) is 6.61 Å². The molecule has 1 aliphatic rings. The normalized spacial score (nSPS) is 15.6. The molecule has 0 atom stereocenters. The fourth-order valence-electron chi connectivity index (χ4n) is 4.45. The quantitative estimate of drug-likeness (QED) is 0.158. The van der Waals surface area contributed by atoms with Crippen molar-refractivity contribution in [3.8, 4) is 5.75 Å². The highest BCUT2D eigenvalue weighted by Gasteiger charge is 2.36. The highest BCUT2D eigenvalue weighted by atomic mass is 16.9. The highest BCUT2D eigenvalue weighted by molar-refractivity contribution is 5.81. The van der Waals surface area contributed by atoms with Crippen LogP contribution in [0, 0.1) is 0 Å². The van der Waals surface area contributed by atoms with E-state index >= 15 is 0 Å². The summed E-state index contributed by atoms with van der Waals surface area (Å²) in [5.74, 6) is -0.560. The highest BCUT2D eigenvalue weighted by Crippen LogP contribution is 2.24. The molecule has 0 radical (unpaired) electrons. The third-order valence-corrected chi connectivity index (χ3v) is 6.77. The number of hydrogen-bond donors (Lipinski definition) is 0. The van der Waals surface area contributed by atoms with Gasteiger partial charge >= 0.3 is 5.97 Å². The van der Waals surface area contributed by atoms with Crippen LogP contribution in [0.4, 0.5) is 0 Å². The lowest BCUT2D eigenvalue weighted by Gasteiger charge is -2.33. The van der Waals surface area contributed by atoms with Crippen LogP contribution in [0.2, 0.25) is 0 Å². The van der Waals surface area contributed by atoms with Gasteiger partial charge < -0.3 is 18.9 Å². The van der Waals surface area contributed by atoms with Gasteiger partial charge in [0.05, 0.1) is 13.7 Å². The second-order valence-electron chi connectivity index (χ2n) is 9.98. The summed E-state index contributed by atoms with van der Waals surface area (Å²) in [6.45, 7) is 2.83. The zero-order valence-electron chi connectivity index (χ0n) is 22.9. The topological polar surface area (TPSA) is 54.0 Å². The molecular formula is C31H50O5. The minimum Gasteiger partial charge on any atom is -0.497 e. The first-order valence-corrected chi connectivity index (χ1v) is 14.4. The molecule has 0 unspecified atom stereocenters. The fraction of sp³-hybridized carbons (Fsp3) is 0.710. The molecule has 0 spiro atoms. The SMILES string of the molecule is CCCCCCCCCCCCCCCCCCOC1(/C=C/c2ccc(OC)cc2)OCC(=O)CO1. The summed E-state index contributed by atoms with van der Waals surface area (Å²) in [6, 6.07) is 7.70. The summed E-state index contributed by atoms with van der Waals surface area (Å²) in [6.07, 6.45) is 25.0. The molecule has 0 aliphatic carbocycles. The van der Waals surface area contributed by atoms with Crippen LogP contribution in [0.25, 0.3) is 6.08 Å². The van der Waals surface area contributed by atoms with Crippen LogP contribution >= 0.6 is 0 Å². The van der Waals surface area contributed by atoms with Gasteiger partial charge in [-0.15, -0.1) is 0 Å². The summed E-state index contributed by atoms with van der Waals surface area (Å²) >= 11 is 0. The van der Waals surface area contributed by atoms with E-state index in [-0.39, 0.29) is 19.0 Å². The van der Waals surface area contributed by atoms with Gasteiger partial charge in [-0.05, 0) is 24.1 Å². The van der Waals surface area contributed by atoms with Crippen molar-refractivity contribution >= 4 is 11.9 Å². The Labute approximate surface area is 219 Å². The van der Waals surface area contributed by atoms with E-state index in [0.717, 1.165) is 24.2 Å². The van der Waals surface area contributed by atoms with Crippen molar-refractivity contribution in [3.05, 3.63) is 35.9 Å². The lowest BCUT2D eigenvalue weighted by molar-refractivity contribution is -0.356. The molecule has 1 heterocycles. The van der Waals surface area contributed by atoms with Crippen molar-refractivity contribution in [3.63, 3.8) is 0 Å². The number of Topliss-reactive ketones (excluding diaryl/α,β-unsaturated/α-hetero) is 1. The molecule has 1 fully saturated rings. The molecule has 204 valence electrons. The van der Waals surface area contributed by atoms with Crippen LogP contribution in [0.1, 0.15) is 115 Å². The summed E-state index contributed by atoms with van der Waals surface area (Å²) in [4.78, 5) is 11.6. The Bertz CT molecular complexity index is 702. The smallest absolute Gasteiger partial charge is 0.305 e. The number of methoxy groups -OCH3 is 1. The molecule has 1 aromatic carbocycles. The summed E-state index contributed by atoms with van der Waals surface area (Å²) in [7, 11) is 1.65.